The van der Waals surface area contributed by atoms with Crippen LogP contribution in [0.5, 0.6) is 0 Å². The van der Waals surface area contributed by atoms with Gasteiger partial charge in [-0.1, -0.05) is 54.8 Å². The van der Waals surface area contributed by atoms with Gasteiger partial charge in [0.15, 0.2) is 0 Å². The summed E-state index contributed by atoms with van der Waals surface area (Å²) >= 11 is 6.18. The largest absolute Gasteiger partial charge is 0.348 e. The molecule has 1 amide bonds. The first-order valence-electron chi connectivity index (χ1n) is 11.4. The van der Waals surface area contributed by atoms with Crippen LogP contribution in [0.4, 0.5) is 0 Å². The molecule has 1 aliphatic carbocycles. The summed E-state index contributed by atoms with van der Waals surface area (Å²) in [6.07, 6.45) is 8.98. The van der Waals surface area contributed by atoms with E-state index in [0.29, 0.717) is 23.2 Å². The van der Waals surface area contributed by atoms with Crippen LogP contribution in [-0.2, 0) is 6.54 Å². The van der Waals surface area contributed by atoms with Crippen molar-refractivity contribution in [2.45, 2.75) is 64.0 Å². The molecule has 0 radical (unpaired) electrons. The van der Waals surface area contributed by atoms with Gasteiger partial charge in [-0.3, -0.25) is 9.48 Å². The molecule has 1 saturated heterocycles. The van der Waals surface area contributed by atoms with Gasteiger partial charge in [0.25, 0.3) is 5.91 Å². The Morgan fingerprint density at radius 1 is 1.17 bits per heavy atom. The molecule has 6 heteroatoms. The molecule has 1 unspecified atom stereocenters. The lowest BCUT2D eigenvalue weighted by Crippen LogP contribution is -2.46. The molecule has 1 atom stereocenters. The second-order valence-corrected chi connectivity index (χ2v) is 9.17. The molecule has 30 heavy (non-hydrogen) atoms. The highest BCUT2D eigenvalue weighted by molar-refractivity contribution is 6.33. The molecule has 2 heterocycles. The quantitative estimate of drug-likeness (QED) is 0.693. The topological polar surface area (TPSA) is 50.2 Å². The highest BCUT2D eigenvalue weighted by Crippen LogP contribution is 2.38. The summed E-state index contributed by atoms with van der Waals surface area (Å²) in [5.74, 6) is 1.32. The second kappa shape index (κ2) is 9.97. The molecule has 2 fully saturated rings. The first-order chi connectivity index (χ1) is 14.7. The van der Waals surface area contributed by atoms with E-state index in [1.807, 2.05) is 6.92 Å². The zero-order chi connectivity index (χ0) is 20.9. The van der Waals surface area contributed by atoms with Gasteiger partial charge in [0, 0.05) is 32.2 Å². The van der Waals surface area contributed by atoms with Crippen molar-refractivity contribution in [2.75, 3.05) is 19.6 Å². The predicted octanol–water partition coefficient (Wildman–Crippen LogP) is 4.72. The van der Waals surface area contributed by atoms with E-state index in [4.69, 9.17) is 11.6 Å². The Morgan fingerprint density at radius 3 is 2.53 bits per heavy atom. The molecule has 4 rings (SSSR count). The number of carbonyl (C=O) groups excluding carboxylic acids is 1. The molecule has 5 nitrogen and oxygen atoms in total. The number of hydrogen-bond donors (Lipinski definition) is 1. The molecule has 2 aromatic rings. The minimum absolute atomic E-state index is 0.106. The Hall–Kier alpha value is -1.85. The highest BCUT2D eigenvalue weighted by atomic mass is 35.5. The third-order valence-corrected chi connectivity index (χ3v) is 7.16. The van der Waals surface area contributed by atoms with Crippen LogP contribution in [0.25, 0.3) is 0 Å². The Morgan fingerprint density at radius 2 is 1.87 bits per heavy atom. The monoisotopic (exact) mass is 428 g/mol. The minimum Gasteiger partial charge on any atom is -0.348 e. The van der Waals surface area contributed by atoms with Crippen LogP contribution in [0.3, 0.4) is 0 Å². The van der Waals surface area contributed by atoms with Gasteiger partial charge >= 0.3 is 0 Å². The van der Waals surface area contributed by atoms with Gasteiger partial charge in [0.1, 0.15) is 5.69 Å². The van der Waals surface area contributed by atoms with Gasteiger partial charge in [0.2, 0.25) is 0 Å². The maximum atomic E-state index is 12.7. The highest BCUT2D eigenvalue weighted by Gasteiger charge is 2.30. The van der Waals surface area contributed by atoms with Crippen molar-refractivity contribution in [3.8, 4) is 0 Å². The van der Waals surface area contributed by atoms with Crippen LogP contribution in [0.1, 0.15) is 67.4 Å². The molecule has 0 bridgehead atoms. The van der Waals surface area contributed by atoms with Gasteiger partial charge in [-0.15, -0.1) is 0 Å². The second-order valence-electron chi connectivity index (χ2n) is 8.77. The number of carbonyl (C=O) groups is 1. The van der Waals surface area contributed by atoms with Crippen LogP contribution in [-0.4, -0.2) is 46.3 Å². The average Bonchev–Trinajstić information content (AvgIpc) is 3.43. The Bertz CT molecular complexity index is 823. The maximum absolute atomic E-state index is 12.7. The molecule has 162 valence electrons. The number of benzene rings is 1. The lowest BCUT2D eigenvalue weighted by Gasteiger charge is -2.36. The van der Waals surface area contributed by atoms with Gasteiger partial charge in [-0.25, -0.2) is 0 Å². The summed E-state index contributed by atoms with van der Waals surface area (Å²) in [5.41, 5.74) is 1.97. The SMILES string of the molecule is CCn1ncc(Cl)c1C(=O)NC1CCN(CC(c2ccccc2)C2CCCC2)CC1. The molecule has 0 spiro atoms. The Balaban J connectivity index is 1.33. The van der Waals surface area contributed by atoms with E-state index in [-0.39, 0.29) is 11.9 Å². The third kappa shape index (κ3) is 4.89. The van der Waals surface area contributed by atoms with E-state index in [9.17, 15) is 4.79 Å². The fourth-order valence-corrected chi connectivity index (χ4v) is 5.43. The van der Waals surface area contributed by atoms with E-state index in [2.05, 4.69) is 45.6 Å². The van der Waals surface area contributed by atoms with E-state index >= 15 is 0 Å². The number of likely N-dealkylation sites (tertiary alicyclic amines) is 1. The average molecular weight is 429 g/mol. The van der Waals surface area contributed by atoms with E-state index in [1.54, 1.807) is 10.9 Å². The predicted molar refractivity (Wildman–Crippen MR) is 121 cm³/mol. The Kier molecular flexibility index (Phi) is 7.11. The van der Waals surface area contributed by atoms with Crippen molar-refractivity contribution >= 4 is 17.5 Å². The zero-order valence-electron chi connectivity index (χ0n) is 17.9. The van der Waals surface area contributed by atoms with E-state index in [0.717, 1.165) is 38.4 Å². The van der Waals surface area contributed by atoms with Crippen LogP contribution in [0.2, 0.25) is 5.02 Å². The van der Waals surface area contributed by atoms with E-state index in [1.165, 1.54) is 31.2 Å². The lowest BCUT2D eigenvalue weighted by molar-refractivity contribution is 0.0896. The lowest BCUT2D eigenvalue weighted by atomic mass is 9.84. The molecule has 1 saturated carbocycles. The first kappa shape index (κ1) is 21.4. The summed E-state index contributed by atoms with van der Waals surface area (Å²) in [6, 6.07) is 11.3. The van der Waals surface area contributed by atoms with Crippen molar-refractivity contribution < 1.29 is 4.79 Å². The number of aromatic nitrogens is 2. The van der Waals surface area contributed by atoms with Gasteiger partial charge < -0.3 is 10.2 Å². The van der Waals surface area contributed by atoms with Crippen molar-refractivity contribution in [3.05, 3.63) is 52.8 Å². The third-order valence-electron chi connectivity index (χ3n) is 6.88. The number of nitrogens with one attached hydrogen (secondary N) is 1. The van der Waals surface area contributed by atoms with Crippen LogP contribution < -0.4 is 5.32 Å². The van der Waals surface area contributed by atoms with Crippen molar-refractivity contribution in [1.29, 1.82) is 0 Å². The van der Waals surface area contributed by atoms with E-state index < -0.39 is 0 Å². The standard InChI is InChI=1S/C24H33ClN4O/c1-2-29-23(22(25)16-26-29)24(30)27-20-12-14-28(15-13-20)17-21(19-10-6-7-11-19)18-8-4-3-5-9-18/h3-5,8-9,16,19-21H,2,6-7,10-15,17H2,1H3,(H,27,30). The maximum Gasteiger partial charge on any atom is 0.271 e. The number of nitrogens with zero attached hydrogens (tertiary/aromatic N) is 3. The van der Waals surface area contributed by atoms with Crippen molar-refractivity contribution in [2.24, 2.45) is 5.92 Å². The fraction of sp³-hybridized carbons (Fsp3) is 0.583. The Labute approximate surface area is 184 Å². The fourth-order valence-electron chi connectivity index (χ4n) is 5.21. The number of rotatable bonds is 7. The van der Waals surface area contributed by atoms with Crippen LogP contribution in [0.15, 0.2) is 36.5 Å². The van der Waals surface area contributed by atoms with Gasteiger partial charge in [0.05, 0.1) is 11.2 Å². The number of aryl methyl sites for hydroxylation is 1. The summed E-state index contributed by atoms with van der Waals surface area (Å²) in [5, 5.41) is 7.79. The zero-order valence-corrected chi connectivity index (χ0v) is 18.7. The summed E-state index contributed by atoms with van der Waals surface area (Å²) in [6.45, 7) is 5.79. The number of piperidine rings is 1. The summed E-state index contributed by atoms with van der Waals surface area (Å²) in [7, 11) is 0. The molecular weight excluding hydrogens is 396 g/mol. The molecular formula is C24H33ClN4O. The summed E-state index contributed by atoms with van der Waals surface area (Å²) < 4.78 is 1.67. The molecule has 2 aliphatic rings. The molecule has 1 aromatic heterocycles. The minimum atomic E-state index is -0.106. The number of hydrogen-bond acceptors (Lipinski definition) is 3. The van der Waals surface area contributed by atoms with Gasteiger partial charge in [-0.2, -0.15) is 5.10 Å². The van der Waals surface area contributed by atoms with Crippen molar-refractivity contribution in [1.82, 2.24) is 20.0 Å². The first-order valence-corrected chi connectivity index (χ1v) is 11.8. The molecule has 1 N–H and O–H groups in total. The van der Waals surface area contributed by atoms with Crippen LogP contribution >= 0.6 is 11.6 Å². The number of amides is 1. The normalized spacial score (nSPS) is 19.8. The summed E-state index contributed by atoms with van der Waals surface area (Å²) in [4.78, 5) is 15.3. The van der Waals surface area contributed by atoms with Crippen molar-refractivity contribution in [3.63, 3.8) is 0 Å². The van der Waals surface area contributed by atoms with Gasteiger partial charge in [-0.05, 0) is 50.0 Å². The molecule has 1 aromatic carbocycles. The van der Waals surface area contributed by atoms with Crippen LogP contribution in [0, 0.1) is 5.92 Å². The smallest absolute Gasteiger partial charge is 0.271 e. The number of halogens is 1. The molecule has 1 aliphatic heterocycles.